The van der Waals surface area contributed by atoms with Crippen molar-refractivity contribution in [3.05, 3.63) is 387 Å². The van der Waals surface area contributed by atoms with Gasteiger partial charge in [-0.1, -0.05) is 261 Å². The molecule has 0 aliphatic carbocycles. The molecule has 0 aliphatic heterocycles. The molecule has 126 heavy (non-hydrogen) atoms. The molecule has 0 bridgehead atoms. The van der Waals surface area contributed by atoms with Gasteiger partial charge >= 0.3 is 12.4 Å². The Balaban J connectivity index is 0.850. The van der Waals surface area contributed by atoms with Crippen molar-refractivity contribution < 1.29 is 26.3 Å². The van der Waals surface area contributed by atoms with Crippen molar-refractivity contribution in [1.29, 1.82) is 5.26 Å². The lowest BCUT2D eigenvalue weighted by atomic mass is 9.89. The molecule has 0 spiro atoms. The van der Waals surface area contributed by atoms with Crippen LogP contribution < -0.4 is 0 Å². The Morgan fingerprint density at radius 3 is 0.683 bits per heavy atom. The Labute approximate surface area is 715 Å². The Morgan fingerprint density at radius 1 is 0.206 bits per heavy atom. The van der Waals surface area contributed by atoms with Crippen LogP contribution in [0.15, 0.2) is 370 Å². The average Bonchev–Trinajstić information content (AvgIpc) is 1.52. The largest absolute Gasteiger partial charge is 0.417 e. The van der Waals surface area contributed by atoms with Crippen LogP contribution in [0.5, 0.6) is 0 Å². The molecule has 21 aromatic rings. The number of nitriles is 1. The maximum atomic E-state index is 16.0. The van der Waals surface area contributed by atoms with Crippen molar-refractivity contribution in [3.63, 3.8) is 0 Å². The third kappa shape index (κ3) is 14.3. The zero-order valence-corrected chi connectivity index (χ0v) is 66.2. The van der Waals surface area contributed by atoms with E-state index in [9.17, 15) is 5.26 Å². The monoisotopic (exact) mass is 1650 g/mol. The molecule has 598 valence electrons. The van der Waals surface area contributed by atoms with Gasteiger partial charge in [0.1, 0.15) is 0 Å². The summed E-state index contributed by atoms with van der Waals surface area (Å²) in [4.78, 5) is 61.4. The van der Waals surface area contributed by atoms with Crippen LogP contribution in [-0.2, 0) is 12.4 Å². The number of rotatable bonds is 16. The van der Waals surface area contributed by atoms with Crippen LogP contribution in [-0.4, -0.2) is 68.9 Å². The van der Waals surface area contributed by atoms with Crippen LogP contribution >= 0.6 is 0 Å². The Hall–Kier alpha value is -17.0. The van der Waals surface area contributed by atoms with Crippen LogP contribution in [0.2, 0.25) is 0 Å². The SMILES string of the molecule is N#Cc1cccc(-n2c3ccc(-c4nc(-c5ccccc5)nc(-c5ccccc5)n4)cc3c3cc(-c4nc(-c5ccccc5)nc(-c5ccccc5)n4)ccc32)c1-c1cc(-c2c(C(F)(F)F)cccc2C(F)(F)F)ccc1-n1c2ccc(-c3nc(-c4ccccc4)nc(-c4ccccc4)n3)cc2c2cc(-c3nc(-c4ccccc4)nc(-c4ccccc4)n3)ccc21. The van der Waals surface area contributed by atoms with Crippen molar-refractivity contribution in [2.75, 3.05) is 0 Å². The highest BCUT2D eigenvalue weighted by molar-refractivity contribution is 6.14. The van der Waals surface area contributed by atoms with Crippen LogP contribution in [0.3, 0.4) is 0 Å². The van der Waals surface area contributed by atoms with E-state index in [2.05, 4.69) is 6.07 Å². The number of benzene rings is 15. The van der Waals surface area contributed by atoms with Gasteiger partial charge < -0.3 is 9.13 Å². The first-order valence-electron chi connectivity index (χ1n) is 40.3. The van der Waals surface area contributed by atoms with E-state index >= 15 is 26.3 Å². The Kier molecular flexibility index (Phi) is 19.1. The molecule has 0 fully saturated rings. The fourth-order valence-corrected chi connectivity index (χ4v) is 16.4. The van der Waals surface area contributed by atoms with E-state index in [1.165, 1.54) is 18.2 Å². The molecule has 0 N–H and O–H groups in total. The minimum atomic E-state index is -5.31. The molecule has 0 amide bonds. The second-order valence-electron chi connectivity index (χ2n) is 30.0. The second-order valence-corrected chi connectivity index (χ2v) is 30.0. The van der Waals surface area contributed by atoms with Gasteiger partial charge in [-0.25, -0.2) is 59.8 Å². The Bertz CT molecular complexity index is 7220. The number of hydrogen-bond donors (Lipinski definition) is 0. The minimum Gasteiger partial charge on any atom is -0.309 e. The fraction of sp³-hybridized carbons (Fsp3) is 0.0190. The van der Waals surface area contributed by atoms with Gasteiger partial charge in [0.25, 0.3) is 0 Å². The van der Waals surface area contributed by atoms with Crippen molar-refractivity contribution in [3.8, 4) is 176 Å². The summed E-state index contributed by atoms with van der Waals surface area (Å²) in [7, 11) is 0. The highest BCUT2D eigenvalue weighted by atomic mass is 19.4. The average molecular weight is 1650 g/mol. The van der Waals surface area contributed by atoms with Gasteiger partial charge in [-0.15, -0.1) is 0 Å². The summed E-state index contributed by atoms with van der Waals surface area (Å²) in [6.45, 7) is 0. The van der Waals surface area contributed by atoms with Crippen molar-refractivity contribution in [2.24, 2.45) is 0 Å². The normalized spacial score (nSPS) is 11.7. The van der Waals surface area contributed by atoms with E-state index in [4.69, 9.17) is 59.8 Å². The molecule has 6 aromatic heterocycles. The summed E-state index contributed by atoms with van der Waals surface area (Å²) in [6, 6.07) is 113. The topological polar surface area (TPSA) is 188 Å². The lowest BCUT2D eigenvalue weighted by Crippen LogP contribution is -2.14. The molecule has 6 heterocycles. The molecule has 0 unspecified atom stereocenters. The summed E-state index contributed by atoms with van der Waals surface area (Å²) in [5.41, 5.74) is 6.46. The van der Waals surface area contributed by atoms with Gasteiger partial charge in [0.15, 0.2) is 69.9 Å². The molecule has 0 saturated heterocycles. The fourth-order valence-electron chi connectivity index (χ4n) is 16.4. The molecular formula is C105H61F6N15. The predicted octanol–water partition coefficient (Wildman–Crippen LogP) is 25.9. The van der Waals surface area contributed by atoms with E-state index in [0.29, 0.717) is 154 Å². The molecule has 21 heteroatoms. The van der Waals surface area contributed by atoms with Crippen LogP contribution in [0, 0.1) is 11.3 Å². The summed E-state index contributed by atoms with van der Waals surface area (Å²) in [5, 5.41) is 14.5. The molecule has 15 nitrogen and oxygen atoms in total. The lowest BCUT2D eigenvalue weighted by Gasteiger charge is -2.23. The number of fused-ring (bicyclic) bond motifs is 6. The highest BCUT2D eigenvalue weighted by Gasteiger charge is 2.42. The minimum absolute atomic E-state index is 0.00956. The van der Waals surface area contributed by atoms with Gasteiger partial charge in [-0.2, -0.15) is 31.6 Å². The first kappa shape index (κ1) is 76.4. The number of nitrogens with zero attached hydrogens (tertiary/aromatic N) is 15. The first-order chi connectivity index (χ1) is 61.7. The lowest BCUT2D eigenvalue weighted by molar-refractivity contribution is -0.142. The van der Waals surface area contributed by atoms with Crippen molar-refractivity contribution in [1.82, 2.24) is 68.9 Å². The zero-order valence-electron chi connectivity index (χ0n) is 66.2. The predicted molar refractivity (Wildman–Crippen MR) is 479 cm³/mol. The third-order valence-electron chi connectivity index (χ3n) is 22.2. The van der Waals surface area contributed by atoms with E-state index < -0.39 is 34.6 Å². The van der Waals surface area contributed by atoms with Gasteiger partial charge in [0.2, 0.25) is 0 Å². The van der Waals surface area contributed by atoms with Crippen LogP contribution in [0.1, 0.15) is 16.7 Å². The van der Waals surface area contributed by atoms with Gasteiger partial charge in [0.05, 0.1) is 56.2 Å². The van der Waals surface area contributed by atoms with Crippen LogP contribution in [0.25, 0.3) is 214 Å². The molecular weight excluding hydrogens is 1590 g/mol. The van der Waals surface area contributed by atoms with Gasteiger partial charge in [-0.05, 0) is 115 Å². The maximum Gasteiger partial charge on any atom is 0.417 e. The number of hydrogen-bond acceptors (Lipinski definition) is 13. The molecule has 15 aromatic carbocycles. The van der Waals surface area contributed by atoms with E-state index in [0.717, 1.165) is 50.6 Å². The maximum absolute atomic E-state index is 16.0. The standard InChI is InChI=1S/C105H61F6N15/c106-104(107,108)82-44-26-45-83(105(109,110)111)91(82)71-47-52-88(125-84-53-48-72(100-117-92(63-27-9-1-10-28-63)113-93(118-100)64-29-11-2-12-30-64)58-77(84)78-59-73(49-54-85(78)125)101-119-94(65-31-13-3-14-32-65)114-95(120-101)66-33-15-4-16-34-66)81(57-71)90-76(62-112)43-25-46-89(90)126-86-55-50-74(102-121-96(67-35-17-5-18-36-67)115-97(122-102)68-37-19-6-20-38-68)60-79(86)80-61-75(51-56-87(80)126)103-123-98(69-39-21-7-22-40-69)116-99(124-103)70-41-23-8-24-42-70/h1-61H. The van der Waals surface area contributed by atoms with Crippen molar-refractivity contribution in [2.45, 2.75) is 12.4 Å². The van der Waals surface area contributed by atoms with Gasteiger partial charge in [0, 0.05) is 105 Å². The summed E-state index contributed by atoms with van der Waals surface area (Å²) >= 11 is 0. The number of alkyl halides is 6. The highest BCUT2D eigenvalue weighted by Crippen LogP contribution is 2.50. The first-order valence-corrected chi connectivity index (χ1v) is 40.3. The Morgan fingerprint density at radius 2 is 0.437 bits per heavy atom. The molecule has 21 rings (SSSR count). The zero-order chi connectivity index (χ0) is 85.2. The number of aromatic nitrogens is 14. The second kappa shape index (κ2) is 31.5. The van der Waals surface area contributed by atoms with Gasteiger partial charge in [-0.3, -0.25) is 0 Å². The molecule has 0 aliphatic rings. The number of halogens is 6. The quantitative estimate of drug-likeness (QED) is 0.0832. The van der Waals surface area contributed by atoms with Crippen molar-refractivity contribution >= 4 is 43.6 Å². The van der Waals surface area contributed by atoms with E-state index in [-0.39, 0.29) is 22.4 Å². The summed E-state index contributed by atoms with van der Waals surface area (Å²) < 4.78 is 99.8. The summed E-state index contributed by atoms with van der Waals surface area (Å²) in [6.07, 6.45) is -10.6. The van der Waals surface area contributed by atoms with E-state index in [1.807, 2.05) is 325 Å². The molecule has 0 atom stereocenters. The van der Waals surface area contributed by atoms with Crippen LogP contribution in [0.4, 0.5) is 26.3 Å². The molecule has 0 radical (unpaired) electrons. The smallest absolute Gasteiger partial charge is 0.309 e. The third-order valence-corrected chi connectivity index (χ3v) is 22.2. The van der Waals surface area contributed by atoms with E-state index in [1.54, 1.807) is 18.2 Å². The summed E-state index contributed by atoms with van der Waals surface area (Å²) in [5.74, 6) is 4.57. The molecule has 0 saturated carbocycles.